The number of thiophene rings is 1. The van der Waals surface area contributed by atoms with Crippen molar-refractivity contribution >= 4 is 204 Å². The van der Waals surface area contributed by atoms with Crippen molar-refractivity contribution in [2.75, 3.05) is 14.7 Å². The summed E-state index contributed by atoms with van der Waals surface area (Å²) in [4.78, 5) is 7.13. The van der Waals surface area contributed by atoms with Crippen LogP contribution in [-0.4, -0.2) is 24.2 Å². The van der Waals surface area contributed by atoms with Gasteiger partial charge in [-0.05, 0) is 310 Å². The zero-order valence-electron chi connectivity index (χ0n) is 78.2. The molecule has 1 aromatic heterocycles. The standard InChI is InChI=1S/C48H32ClNSSi.C48H34ClNSi.C36H28ClNSi/c49-35-14-12-13-33(29-35)34-23-26-42-44-32-38(25-28-47(44)52(48(42)30-34,39-17-6-2-7-18-39)40-19-8-3-9-20-40)50(36-15-4-1-5-16-36)37-24-27-46-43(31-37)41-21-10-11-22-45(41)51-46;49-39-31-37(35-16-6-1-7-17-35)30-38(32-39)36-26-28-45-46-34-42(50(40-18-8-2-9-19-40)41-20-10-3-11-21-41)27-29-47(46)51(48(45)33-36,43-22-12-4-13-23-43)44-24-14-5-15-25-44;1-39(2)34-22-21-30(38(28-12-5-3-6-13-28)29-14-7-4-8-15-29)24-33(34)35-31-16-10-9-11-26(31)23-32(36(35)39)25-17-19-27(37)20-18-25/h1-32H;1-34H;3-24H,1-2H3. The van der Waals surface area contributed by atoms with Crippen LogP contribution in [0.2, 0.25) is 28.2 Å². The van der Waals surface area contributed by atoms with Crippen LogP contribution in [-0.2, 0) is 0 Å². The Morgan fingerprint density at radius 3 is 1.01 bits per heavy atom. The van der Waals surface area contributed by atoms with Crippen molar-refractivity contribution in [1.29, 1.82) is 0 Å². The van der Waals surface area contributed by atoms with E-state index < -0.39 is 24.2 Å². The summed E-state index contributed by atoms with van der Waals surface area (Å²) in [5, 5.41) is 21.6. The van der Waals surface area contributed by atoms with Crippen LogP contribution in [0.15, 0.2) is 534 Å². The third-order valence-electron chi connectivity index (χ3n) is 28.8. The number of rotatable bonds is 17. The maximum atomic E-state index is 6.84. The molecule has 0 fully saturated rings. The van der Waals surface area contributed by atoms with Crippen LogP contribution in [0.5, 0.6) is 0 Å². The minimum absolute atomic E-state index is 0.733. The van der Waals surface area contributed by atoms with Gasteiger partial charge in [0.25, 0.3) is 0 Å². The van der Waals surface area contributed by atoms with Crippen LogP contribution >= 0.6 is 46.1 Å². The molecule has 0 radical (unpaired) electrons. The first-order valence-corrected chi connectivity index (χ1v) is 57.3. The van der Waals surface area contributed by atoms with Crippen LogP contribution in [0, 0.1) is 0 Å². The second-order valence-corrected chi connectivity index (χ2v) is 51.4. The van der Waals surface area contributed by atoms with Crippen molar-refractivity contribution in [3.63, 3.8) is 0 Å². The summed E-state index contributed by atoms with van der Waals surface area (Å²) in [6.07, 6.45) is 0. The van der Waals surface area contributed by atoms with E-state index in [1.165, 1.54) is 144 Å². The monoisotopic (exact) mass is 1940 g/mol. The van der Waals surface area contributed by atoms with Crippen LogP contribution in [0.4, 0.5) is 51.2 Å². The highest BCUT2D eigenvalue weighted by Gasteiger charge is 2.51. The van der Waals surface area contributed by atoms with Crippen molar-refractivity contribution in [2.45, 2.75) is 13.1 Å². The molecule has 3 nitrogen and oxygen atoms in total. The van der Waals surface area contributed by atoms with E-state index in [1.807, 2.05) is 35.6 Å². The summed E-state index contributed by atoms with van der Waals surface area (Å²) in [7, 11) is -7.48. The Labute approximate surface area is 851 Å². The smallest absolute Gasteiger partial charge is 0.180 e. The average molecular weight is 1940 g/mol. The molecule has 676 valence electrons. The van der Waals surface area contributed by atoms with E-state index in [0.717, 1.165) is 82.8 Å². The normalized spacial score (nSPS) is 12.9. The number of benzene rings is 22. The molecule has 23 aromatic rings. The van der Waals surface area contributed by atoms with Gasteiger partial charge in [0.05, 0.1) is 0 Å². The number of halogens is 3. The minimum Gasteiger partial charge on any atom is -0.310 e. The molecule has 3 aliphatic rings. The van der Waals surface area contributed by atoms with Gasteiger partial charge in [-0.3, -0.25) is 0 Å². The third-order valence-corrected chi connectivity index (χ3v) is 43.9. The Hall–Kier alpha value is -15.8. The first-order chi connectivity index (χ1) is 69.9. The molecule has 26 rings (SSSR count). The van der Waals surface area contributed by atoms with Crippen molar-refractivity contribution in [2.24, 2.45) is 0 Å². The molecule has 0 bridgehead atoms. The zero-order valence-corrected chi connectivity index (χ0v) is 84.3. The number of nitrogens with zero attached hydrogens (tertiary/aromatic N) is 3. The lowest BCUT2D eigenvalue weighted by Gasteiger charge is -2.32. The summed E-state index contributed by atoms with van der Waals surface area (Å²) in [5.41, 5.74) is 27.6. The molecule has 0 aliphatic carbocycles. The van der Waals surface area contributed by atoms with E-state index in [2.05, 4.69) is 537 Å². The van der Waals surface area contributed by atoms with Crippen LogP contribution in [0.1, 0.15) is 0 Å². The molecule has 0 N–H and O–H groups in total. The van der Waals surface area contributed by atoms with E-state index in [-0.39, 0.29) is 0 Å². The Bertz CT molecular complexity index is 8490. The van der Waals surface area contributed by atoms with Crippen molar-refractivity contribution in [3.8, 4) is 77.9 Å². The second kappa shape index (κ2) is 37.8. The molecular formula is C132H94Cl3N3SSi3. The lowest BCUT2D eigenvalue weighted by molar-refractivity contribution is 1.29. The molecule has 0 saturated heterocycles. The molecule has 0 atom stereocenters. The number of para-hydroxylation sites is 5. The van der Waals surface area contributed by atoms with Gasteiger partial charge in [-0.15, -0.1) is 11.3 Å². The fourth-order valence-electron chi connectivity index (χ4n) is 22.6. The molecule has 142 heavy (non-hydrogen) atoms. The van der Waals surface area contributed by atoms with Crippen molar-refractivity contribution in [1.82, 2.24) is 0 Å². The molecule has 0 amide bonds. The Balaban J connectivity index is 0.000000116. The first kappa shape index (κ1) is 88.9. The van der Waals surface area contributed by atoms with E-state index in [9.17, 15) is 0 Å². The topological polar surface area (TPSA) is 9.72 Å². The summed E-state index contributed by atoms with van der Waals surface area (Å²) >= 11 is 21.5. The molecule has 4 heterocycles. The van der Waals surface area contributed by atoms with Gasteiger partial charge in [-0.1, -0.05) is 412 Å². The van der Waals surface area contributed by atoms with Gasteiger partial charge < -0.3 is 14.7 Å². The number of hydrogen-bond donors (Lipinski definition) is 0. The average Bonchev–Trinajstić information content (AvgIpc) is 1.62. The van der Waals surface area contributed by atoms with Crippen LogP contribution in [0.25, 0.3) is 109 Å². The van der Waals surface area contributed by atoms with Gasteiger partial charge in [0, 0.05) is 86.4 Å². The van der Waals surface area contributed by atoms with E-state index in [0.29, 0.717) is 0 Å². The minimum atomic E-state index is -2.75. The number of hydrogen-bond acceptors (Lipinski definition) is 4. The fourth-order valence-corrected chi connectivity index (χ4v) is 38.0. The van der Waals surface area contributed by atoms with E-state index >= 15 is 0 Å². The van der Waals surface area contributed by atoms with Crippen LogP contribution < -0.4 is 66.6 Å². The summed E-state index contributed by atoms with van der Waals surface area (Å²) in [5.74, 6) is 0. The highest BCUT2D eigenvalue weighted by molar-refractivity contribution is 7.26. The van der Waals surface area contributed by atoms with Gasteiger partial charge in [0.2, 0.25) is 0 Å². The first-order valence-electron chi connectivity index (χ1n) is 48.4. The largest absolute Gasteiger partial charge is 0.310 e. The van der Waals surface area contributed by atoms with Gasteiger partial charge in [0.1, 0.15) is 8.07 Å². The Morgan fingerprint density at radius 2 is 0.542 bits per heavy atom. The highest BCUT2D eigenvalue weighted by Crippen LogP contribution is 2.48. The third kappa shape index (κ3) is 15.9. The Morgan fingerprint density at radius 1 is 0.190 bits per heavy atom. The summed E-state index contributed by atoms with van der Waals surface area (Å²) in [6, 6.07) is 194. The number of anilines is 9. The van der Waals surface area contributed by atoms with Gasteiger partial charge in [-0.2, -0.15) is 0 Å². The molecular weight excluding hydrogens is 1850 g/mol. The molecule has 10 heteroatoms. The zero-order chi connectivity index (χ0) is 95.4. The van der Waals surface area contributed by atoms with E-state index in [4.69, 9.17) is 34.8 Å². The van der Waals surface area contributed by atoms with Crippen LogP contribution in [0.3, 0.4) is 0 Å². The van der Waals surface area contributed by atoms with Gasteiger partial charge >= 0.3 is 0 Å². The molecule has 0 unspecified atom stereocenters. The Kier molecular flexibility index (Phi) is 23.6. The van der Waals surface area contributed by atoms with Gasteiger partial charge in [0.15, 0.2) is 16.1 Å². The predicted molar refractivity (Wildman–Crippen MR) is 618 cm³/mol. The lowest BCUT2D eigenvalue weighted by atomic mass is 9.92. The van der Waals surface area contributed by atoms with Crippen molar-refractivity contribution < 1.29 is 0 Å². The summed E-state index contributed by atoms with van der Waals surface area (Å²) in [6.45, 7) is 5.00. The highest BCUT2D eigenvalue weighted by atomic mass is 35.5. The number of fused-ring (bicyclic) bond motifs is 14. The molecule has 3 aliphatic heterocycles. The summed E-state index contributed by atoms with van der Waals surface area (Å²) < 4.78 is 2.62. The molecule has 22 aromatic carbocycles. The fraction of sp³-hybridized carbons (Fsp3) is 0.0152. The maximum absolute atomic E-state index is 6.84. The lowest BCUT2D eigenvalue weighted by Crippen LogP contribution is -2.72. The SMILES string of the molecule is C[Si]1(C)c2ccc(N(c3ccccc3)c3ccccc3)cc2-c2c1c(-c1ccc(Cl)cc1)cc1ccccc21.Clc1cc(-c2ccccc2)cc(-c2ccc3c(c2)[Si](c2ccccc2)(c2ccccc2)c2ccc(N(c4ccccc4)c4ccccc4)cc2-3)c1.Clc1cccc(-c2ccc3c(c2)[Si](c2ccccc2)(c2ccccc2)c2ccc(N(c4ccccc4)c4ccc5sc6ccccc6c5c4)cc2-3)c1. The predicted octanol–water partition coefficient (Wildman–Crippen LogP) is 31.1. The van der Waals surface area contributed by atoms with Gasteiger partial charge in [-0.25, -0.2) is 0 Å². The second-order valence-electron chi connectivity index (χ2n) is 37.3. The molecule has 0 spiro atoms. The quantitative estimate of drug-likeness (QED) is 0.0842. The van der Waals surface area contributed by atoms with E-state index in [1.54, 1.807) is 0 Å². The maximum Gasteiger partial charge on any atom is 0.180 e. The van der Waals surface area contributed by atoms with Crippen molar-refractivity contribution in [3.05, 3.63) is 549 Å². The molecule has 0 saturated carbocycles.